The van der Waals surface area contributed by atoms with E-state index in [0.717, 1.165) is 24.2 Å². The van der Waals surface area contributed by atoms with Crippen LogP contribution in [0.1, 0.15) is 56.3 Å². The topological polar surface area (TPSA) is 26.3 Å². The Kier molecular flexibility index (Phi) is 3.12. The van der Waals surface area contributed by atoms with Crippen LogP contribution in [0.4, 0.5) is 0 Å². The van der Waals surface area contributed by atoms with Gasteiger partial charge in [-0.05, 0) is 49.7 Å². The second-order valence-electron chi connectivity index (χ2n) is 6.47. The molecule has 1 aliphatic heterocycles. The molecule has 19 heavy (non-hydrogen) atoms. The maximum Gasteiger partial charge on any atom is 0.170 e. The van der Waals surface area contributed by atoms with Crippen molar-refractivity contribution in [3.63, 3.8) is 0 Å². The SMILES string of the molecule is CC(C)CCC1(C2CC2)CC(=O)c2ccccc2O1. The standard InChI is InChI=1S/C17H22O2/c1-12(2)9-10-17(13-7-8-13)11-15(18)14-5-3-4-6-16(14)19-17/h3-6,12-13H,7-11H2,1-2H3. The molecule has 1 aliphatic carbocycles. The summed E-state index contributed by atoms with van der Waals surface area (Å²) in [6.07, 6.45) is 5.14. The van der Waals surface area contributed by atoms with Crippen LogP contribution in [0.3, 0.4) is 0 Å². The van der Waals surface area contributed by atoms with Gasteiger partial charge in [0.1, 0.15) is 11.4 Å². The first-order chi connectivity index (χ1) is 9.11. The molecule has 3 rings (SSSR count). The summed E-state index contributed by atoms with van der Waals surface area (Å²) in [7, 11) is 0. The van der Waals surface area contributed by atoms with E-state index in [-0.39, 0.29) is 11.4 Å². The van der Waals surface area contributed by atoms with Crippen molar-refractivity contribution in [2.45, 2.75) is 51.6 Å². The molecule has 1 aromatic carbocycles. The fourth-order valence-electron chi connectivity index (χ4n) is 3.12. The van der Waals surface area contributed by atoms with E-state index in [9.17, 15) is 4.79 Å². The van der Waals surface area contributed by atoms with Crippen molar-refractivity contribution >= 4 is 5.78 Å². The number of ether oxygens (including phenoxy) is 1. The van der Waals surface area contributed by atoms with Gasteiger partial charge in [0.2, 0.25) is 0 Å². The highest BCUT2D eigenvalue weighted by atomic mass is 16.5. The zero-order valence-electron chi connectivity index (χ0n) is 11.8. The molecule has 0 radical (unpaired) electrons. The molecule has 2 heteroatoms. The molecular formula is C17H22O2. The Hall–Kier alpha value is -1.31. The molecule has 1 saturated carbocycles. The third-order valence-corrected chi connectivity index (χ3v) is 4.43. The van der Waals surface area contributed by atoms with Gasteiger partial charge in [-0.3, -0.25) is 4.79 Å². The summed E-state index contributed by atoms with van der Waals surface area (Å²) in [4.78, 5) is 12.4. The lowest BCUT2D eigenvalue weighted by Gasteiger charge is -2.39. The number of para-hydroxylation sites is 1. The predicted molar refractivity (Wildman–Crippen MR) is 75.5 cm³/mol. The van der Waals surface area contributed by atoms with E-state index in [1.807, 2.05) is 24.3 Å². The lowest BCUT2D eigenvalue weighted by Crippen LogP contribution is -2.44. The van der Waals surface area contributed by atoms with Crippen LogP contribution in [0.2, 0.25) is 0 Å². The minimum atomic E-state index is -0.213. The van der Waals surface area contributed by atoms with Gasteiger partial charge < -0.3 is 4.74 Å². The van der Waals surface area contributed by atoms with Crippen molar-refractivity contribution in [3.8, 4) is 5.75 Å². The first kappa shape index (κ1) is 12.7. The molecule has 0 spiro atoms. The molecule has 1 heterocycles. The molecule has 102 valence electrons. The van der Waals surface area contributed by atoms with Crippen LogP contribution in [0, 0.1) is 11.8 Å². The summed E-state index contributed by atoms with van der Waals surface area (Å²) in [5, 5.41) is 0. The highest BCUT2D eigenvalue weighted by Crippen LogP contribution is 2.50. The second-order valence-corrected chi connectivity index (χ2v) is 6.47. The van der Waals surface area contributed by atoms with Gasteiger partial charge in [-0.1, -0.05) is 26.0 Å². The largest absolute Gasteiger partial charge is 0.486 e. The van der Waals surface area contributed by atoms with Gasteiger partial charge in [0.25, 0.3) is 0 Å². The van der Waals surface area contributed by atoms with Crippen molar-refractivity contribution in [1.82, 2.24) is 0 Å². The summed E-state index contributed by atoms with van der Waals surface area (Å²) in [5.74, 6) is 2.31. The van der Waals surface area contributed by atoms with Crippen molar-refractivity contribution in [2.24, 2.45) is 11.8 Å². The minimum absolute atomic E-state index is 0.213. The molecular weight excluding hydrogens is 236 g/mol. The molecule has 0 bridgehead atoms. The van der Waals surface area contributed by atoms with E-state index in [2.05, 4.69) is 13.8 Å². The smallest absolute Gasteiger partial charge is 0.170 e. The minimum Gasteiger partial charge on any atom is -0.486 e. The number of Topliss-reactive ketones (excluding diaryl/α,β-unsaturated/α-hetero) is 1. The van der Waals surface area contributed by atoms with Crippen LogP contribution in [-0.2, 0) is 0 Å². The summed E-state index contributed by atoms with van der Waals surface area (Å²) in [6, 6.07) is 7.70. The number of rotatable bonds is 4. The number of hydrogen-bond donors (Lipinski definition) is 0. The Balaban J connectivity index is 1.89. The van der Waals surface area contributed by atoms with E-state index in [4.69, 9.17) is 4.74 Å². The zero-order chi connectivity index (χ0) is 13.5. The molecule has 0 amide bonds. The van der Waals surface area contributed by atoms with E-state index in [1.165, 1.54) is 12.8 Å². The first-order valence-electron chi connectivity index (χ1n) is 7.42. The van der Waals surface area contributed by atoms with Gasteiger partial charge in [-0.25, -0.2) is 0 Å². The van der Waals surface area contributed by atoms with Crippen molar-refractivity contribution < 1.29 is 9.53 Å². The fourth-order valence-corrected chi connectivity index (χ4v) is 3.12. The third-order valence-electron chi connectivity index (χ3n) is 4.43. The van der Waals surface area contributed by atoms with Crippen LogP contribution in [0.5, 0.6) is 5.75 Å². The highest BCUT2D eigenvalue weighted by molar-refractivity contribution is 6.00. The van der Waals surface area contributed by atoms with E-state index < -0.39 is 0 Å². The van der Waals surface area contributed by atoms with Crippen molar-refractivity contribution in [1.29, 1.82) is 0 Å². The van der Waals surface area contributed by atoms with Crippen LogP contribution in [-0.4, -0.2) is 11.4 Å². The average Bonchev–Trinajstić information content (AvgIpc) is 3.21. The van der Waals surface area contributed by atoms with E-state index in [1.54, 1.807) is 0 Å². The number of ketones is 1. The summed E-state index contributed by atoms with van der Waals surface area (Å²) < 4.78 is 6.34. The Morgan fingerprint density at radius 1 is 1.32 bits per heavy atom. The van der Waals surface area contributed by atoms with Gasteiger partial charge in [-0.15, -0.1) is 0 Å². The van der Waals surface area contributed by atoms with Gasteiger partial charge in [0, 0.05) is 0 Å². The summed E-state index contributed by atoms with van der Waals surface area (Å²) in [6.45, 7) is 4.47. The van der Waals surface area contributed by atoms with Crippen LogP contribution < -0.4 is 4.74 Å². The molecule has 0 aromatic heterocycles. The summed E-state index contributed by atoms with van der Waals surface area (Å²) in [5.41, 5.74) is 0.554. The molecule has 2 nitrogen and oxygen atoms in total. The molecule has 0 saturated heterocycles. The lowest BCUT2D eigenvalue weighted by atomic mass is 9.81. The number of carbonyl (C=O) groups excluding carboxylic acids is 1. The van der Waals surface area contributed by atoms with E-state index in [0.29, 0.717) is 18.3 Å². The van der Waals surface area contributed by atoms with Gasteiger partial charge in [0.15, 0.2) is 5.78 Å². The fraction of sp³-hybridized carbons (Fsp3) is 0.588. The molecule has 1 unspecified atom stereocenters. The maximum absolute atomic E-state index is 12.4. The van der Waals surface area contributed by atoms with E-state index >= 15 is 0 Å². The molecule has 2 aliphatic rings. The summed E-state index contributed by atoms with van der Waals surface area (Å²) >= 11 is 0. The average molecular weight is 258 g/mol. The quantitative estimate of drug-likeness (QED) is 0.807. The molecule has 0 N–H and O–H groups in total. The number of fused-ring (bicyclic) bond motifs is 1. The lowest BCUT2D eigenvalue weighted by molar-refractivity contribution is 0.0138. The number of benzene rings is 1. The molecule has 1 atom stereocenters. The Bertz CT molecular complexity index is 488. The maximum atomic E-state index is 12.4. The zero-order valence-corrected chi connectivity index (χ0v) is 11.8. The van der Waals surface area contributed by atoms with Crippen molar-refractivity contribution in [2.75, 3.05) is 0 Å². The first-order valence-corrected chi connectivity index (χ1v) is 7.42. The predicted octanol–water partition coefficient (Wildman–Crippen LogP) is 4.24. The Morgan fingerprint density at radius 2 is 2.05 bits per heavy atom. The third kappa shape index (κ3) is 2.41. The normalized spacial score (nSPS) is 26.2. The molecule has 1 fully saturated rings. The van der Waals surface area contributed by atoms with Gasteiger partial charge in [0.05, 0.1) is 12.0 Å². The highest BCUT2D eigenvalue weighted by Gasteiger charge is 2.50. The number of carbonyl (C=O) groups is 1. The second kappa shape index (κ2) is 4.66. The van der Waals surface area contributed by atoms with Gasteiger partial charge >= 0.3 is 0 Å². The Morgan fingerprint density at radius 3 is 2.74 bits per heavy atom. The molecule has 1 aromatic rings. The van der Waals surface area contributed by atoms with Crippen LogP contribution in [0.15, 0.2) is 24.3 Å². The van der Waals surface area contributed by atoms with Crippen LogP contribution >= 0.6 is 0 Å². The van der Waals surface area contributed by atoms with Crippen molar-refractivity contribution in [3.05, 3.63) is 29.8 Å². The Labute approximate surface area is 115 Å². The monoisotopic (exact) mass is 258 g/mol. The number of hydrogen-bond acceptors (Lipinski definition) is 2. The van der Waals surface area contributed by atoms with Gasteiger partial charge in [-0.2, -0.15) is 0 Å². The van der Waals surface area contributed by atoms with Crippen LogP contribution in [0.25, 0.3) is 0 Å².